The van der Waals surface area contributed by atoms with Crippen LogP contribution in [0.25, 0.3) is 0 Å². The molecule has 0 unspecified atom stereocenters. The van der Waals surface area contributed by atoms with E-state index in [2.05, 4.69) is 10.2 Å². The van der Waals surface area contributed by atoms with Gasteiger partial charge in [0.15, 0.2) is 0 Å². The number of carbonyl (C=O) groups is 2. The van der Waals surface area contributed by atoms with Crippen LogP contribution in [0.5, 0.6) is 0 Å². The lowest BCUT2D eigenvalue weighted by Crippen LogP contribution is -2.43. The van der Waals surface area contributed by atoms with E-state index in [9.17, 15) is 9.59 Å². The quantitative estimate of drug-likeness (QED) is 0.603. The van der Waals surface area contributed by atoms with Crippen LogP contribution in [0.2, 0.25) is 0 Å². The summed E-state index contributed by atoms with van der Waals surface area (Å²) < 4.78 is 5.21. The molecule has 3 amide bonds. The van der Waals surface area contributed by atoms with E-state index in [4.69, 9.17) is 4.74 Å². The van der Waals surface area contributed by atoms with E-state index >= 15 is 0 Å². The predicted octanol–water partition coefficient (Wildman–Crippen LogP) is -1.13. The summed E-state index contributed by atoms with van der Waals surface area (Å²) >= 11 is 0. The lowest BCUT2D eigenvalue weighted by atomic mass is 10.4. The lowest BCUT2D eigenvalue weighted by Gasteiger charge is -2.27. The van der Waals surface area contributed by atoms with Gasteiger partial charge < -0.3 is 10.1 Å². The van der Waals surface area contributed by atoms with Crippen LogP contribution >= 0.6 is 0 Å². The number of ether oxygens (including phenoxy) is 1. The Morgan fingerprint density at radius 3 is 2.53 bits per heavy atom. The van der Waals surface area contributed by atoms with E-state index in [0.717, 1.165) is 32.8 Å². The van der Waals surface area contributed by atoms with Crippen LogP contribution in [-0.2, 0) is 9.53 Å². The van der Waals surface area contributed by atoms with Crippen molar-refractivity contribution in [1.29, 1.82) is 0 Å². The molecule has 0 spiro atoms. The zero-order valence-corrected chi connectivity index (χ0v) is 8.57. The maximum absolute atomic E-state index is 11.3. The number of urea groups is 1. The van der Waals surface area contributed by atoms with E-state index in [1.54, 1.807) is 0 Å². The summed E-state index contributed by atoms with van der Waals surface area (Å²) in [6.45, 7) is 4.59. The summed E-state index contributed by atoms with van der Waals surface area (Å²) in [5.41, 5.74) is 0. The van der Waals surface area contributed by atoms with Gasteiger partial charge in [0.1, 0.15) is 0 Å². The Hall–Kier alpha value is -1.14. The smallest absolute Gasteiger partial charge is 0.324 e. The van der Waals surface area contributed by atoms with Gasteiger partial charge in [0.25, 0.3) is 0 Å². The second-order valence-corrected chi connectivity index (χ2v) is 3.66. The van der Waals surface area contributed by atoms with Crippen molar-refractivity contribution in [2.75, 3.05) is 45.9 Å². The normalized spacial score (nSPS) is 23.3. The van der Waals surface area contributed by atoms with Gasteiger partial charge in [-0.1, -0.05) is 0 Å². The first-order valence-corrected chi connectivity index (χ1v) is 5.15. The second kappa shape index (κ2) is 4.59. The minimum Gasteiger partial charge on any atom is -0.379 e. The minimum absolute atomic E-state index is 0.131. The van der Waals surface area contributed by atoms with Crippen LogP contribution in [0.1, 0.15) is 0 Å². The van der Waals surface area contributed by atoms with Gasteiger partial charge in [-0.05, 0) is 0 Å². The van der Waals surface area contributed by atoms with E-state index in [-0.39, 0.29) is 18.5 Å². The van der Waals surface area contributed by atoms with Gasteiger partial charge >= 0.3 is 6.03 Å². The SMILES string of the molecule is O=C1CNC(=O)N1CCN1CCOCC1. The van der Waals surface area contributed by atoms with Crippen molar-refractivity contribution in [1.82, 2.24) is 15.1 Å². The standard InChI is InChI=1S/C9H15N3O3/c13-8-7-10-9(14)12(8)2-1-11-3-5-15-6-4-11/h1-7H2,(H,10,14). The van der Waals surface area contributed by atoms with Gasteiger partial charge in [0.2, 0.25) is 5.91 Å². The van der Waals surface area contributed by atoms with Crippen LogP contribution in [0.4, 0.5) is 4.79 Å². The molecule has 0 aromatic rings. The average Bonchev–Trinajstić information content (AvgIpc) is 2.58. The molecular formula is C9H15N3O3. The summed E-state index contributed by atoms with van der Waals surface area (Å²) in [4.78, 5) is 25.9. The molecule has 84 valence electrons. The molecule has 6 nitrogen and oxygen atoms in total. The lowest BCUT2D eigenvalue weighted by molar-refractivity contribution is -0.125. The Balaban J connectivity index is 1.76. The number of carbonyl (C=O) groups excluding carboxylic acids is 2. The maximum atomic E-state index is 11.3. The van der Waals surface area contributed by atoms with Crippen molar-refractivity contribution in [3.8, 4) is 0 Å². The molecule has 0 aromatic heterocycles. The van der Waals surface area contributed by atoms with Crippen molar-refractivity contribution in [3.63, 3.8) is 0 Å². The Kier molecular flexibility index (Phi) is 3.17. The molecule has 0 bridgehead atoms. The Morgan fingerprint density at radius 2 is 1.93 bits per heavy atom. The van der Waals surface area contributed by atoms with E-state index < -0.39 is 0 Å². The fraction of sp³-hybridized carbons (Fsp3) is 0.778. The van der Waals surface area contributed by atoms with Crippen molar-refractivity contribution in [3.05, 3.63) is 0 Å². The van der Waals surface area contributed by atoms with Crippen molar-refractivity contribution in [2.24, 2.45) is 0 Å². The zero-order chi connectivity index (χ0) is 10.7. The van der Waals surface area contributed by atoms with E-state index in [0.29, 0.717) is 6.54 Å². The Morgan fingerprint density at radius 1 is 1.20 bits per heavy atom. The summed E-state index contributed by atoms with van der Waals surface area (Å²) in [5, 5.41) is 2.50. The molecule has 0 saturated carbocycles. The maximum Gasteiger partial charge on any atom is 0.324 e. The molecule has 1 N–H and O–H groups in total. The van der Waals surface area contributed by atoms with E-state index in [1.807, 2.05) is 0 Å². The summed E-state index contributed by atoms with van der Waals surface area (Å²) in [6.07, 6.45) is 0. The molecule has 6 heteroatoms. The number of hydrogen-bond acceptors (Lipinski definition) is 4. The van der Waals surface area contributed by atoms with Crippen LogP contribution in [0.3, 0.4) is 0 Å². The van der Waals surface area contributed by atoms with E-state index in [1.165, 1.54) is 4.90 Å². The van der Waals surface area contributed by atoms with Crippen LogP contribution < -0.4 is 5.32 Å². The first kappa shape index (κ1) is 10.4. The molecule has 2 rings (SSSR count). The topological polar surface area (TPSA) is 61.9 Å². The van der Waals surface area contributed by atoms with Gasteiger partial charge in [-0.3, -0.25) is 14.6 Å². The highest BCUT2D eigenvalue weighted by molar-refractivity contribution is 6.01. The number of morpholine rings is 1. The molecule has 0 aromatic carbocycles. The fourth-order valence-electron chi connectivity index (χ4n) is 1.75. The number of hydrogen-bond donors (Lipinski definition) is 1. The highest BCUT2D eigenvalue weighted by Gasteiger charge is 2.28. The monoisotopic (exact) mass is 213 g/mol. The highest BCUT2D eigenvalue weighted by atomic mass is 16.5. The minimum atomic E-state index is -0.270. The molecular weight excluding hydrogens is 198 g/mol. The number of amides is 3. The van der Waals surface area contributed by atoms with Crippen LogP contribution in [0, 0.1) is 0 Å². The van der Waals surface area contributed by atoms with Crippen LogP contribution in [-0.4, -0.2) is 67.7 Å². The molecule has 2 saturated heterocycles. The van der Waals surface area contributed by atoms with Crippen molar-refractivity contribution in [2.45, 2.75) is 0 Å². The summed E-state index contributed by atoms with van der Waals surface area (Å²) in [6, 6.07) is -0.270. The first-order chi connectivity index (χ1) is 7.27. The van der Waals surface area contributed by atoms with Crippen LogP contribution in [0.15, 0.2) is 0 Å². The molecule has 2 aliphatic heterocycles. The fourth-order valence-corrected chi connectivity index (χ4v) is 1.75. The molecule has 15 heavy (non-hydrogen) atoms. The largest absolute Gasteiger partial charge is 0.379 e. The van der Waals surface area contributed by atoms with Gasteiger partial charge in [-0.25, -0.2) is 4.79 Å². The zero-order valence-electron chi connectivity index (χ0n) is 8.57. The summed E-state index contributed by atoms with van der Waals surface area (Å²) in [5.74, 6) is -0.131. The van der Waals surface area contributed by atoms with Crippen molar-refractivity contribution >= 4 is 11.9 Å². The van der Waals surface area contributed by atoms with Gasteiger partial charge in [-0.2, -0.15) is 0 Å². The number of nitrogens with one attached hydrogen (secondary N) is 1. The van der Waals surface area contributed by atoms with Gasteiger partial charge in [0, 0.05) is 26.2 Å². The van der Waals surface area contributed by atoms with Gasteiger partial charge in [-0.15, -0.1) is 0 Å². The number of imide groups is 1. The average molecular weight is 213 g/mol. The van der Waals surface area contributed by atoms with Gasteiger partial charge in [0.05, 0.1) is 19.8 Å². The number of nitrogens with zero attached hydrogens (tertiary/aromatic N) is 2. The Bertz CT molecular complexity index is 247. The third-order valence-corrected chi connectivity index (χ3v) is 2.68. The second-order valence-electron chi connectivity index (χ2n) is 3.66. The number of rotatable bonds is 3. The third-order valence-electron chi connectivity index (χ3n) is 2.68. The molecule has 2 fully saturated rings. The third kappa shape index (κ3) is 2.45. The molecule has 2 aliphatic rings. The molecule has 0 aliphatic carbocycles. The molecule has 0 atom stereocenters. The predicted molar refractivity (Wildman–Crippen MR) is 52.4 cm³/mol. The first-order valence-electron chi connectivity index (χ1n) is 5.15. The highest BCUT2D eigenvalue weighted by Crippen LogP contribution is 2.01. The molecule has 2 heterocycles. The van der Waals surface area contributed by atoms with Crippen molar-refractivity contribution < 1.29 is 14.3 Å². The Labute approximate surface area is 88.2 Å². The summed E-state index contributed by atoms with van der Waals surface area (Å²) in [7, 11) is 0. The molecule has 0 radical (unpaired) electrons.